The molecule has 0 fully saturated rings. The number of halogens is 4. The number of nitrogens with zero attached hydrogens (tertiary/aromatic N) is 2. The summed E-state index contributed by atoms with van der Waals surface area (Å²) in [6.07, 6.45) is 1.45. The van der Waals surface area contributed by atoms with E-state index < -0.39 is 6.30 Å². The van der Waals surface area contributed by atoms with E-state index in [2.05, 4.69) is 4.98 Å². The largest absolute Gasteiger partial charge is 0.254 e. The van der Waals surface area contributed by atoms with Gasteiger partial charge in [0.15, 0.2) is 0 Å². The van der Waals surface area contributed by atoms with Crippen LogP contribution in [0.25, 0.3) is 6.08 Å². The lowest BCUT2D eigenvalue weighted by Gasteiger charge is -2.22. The second kappa shape index (κ2) is 3.57. The van der Waals surface area contributed by atoms with Crippen LogP contribution in [-0.2, 0) is 0 Å². The summed E-state index contributed by atoms with van der Waals surface area (Å²) < 4.78 is 14.4. The molecule has 1 aromatic heterocycles. The van der Waals surface area contributed by atoms with Crippen LogP contribution in [0.5, 0.6) is 0 Å². The summed E-state index contributed by atoms with van der Waals surface area (Å²) in [7, 11) is 0. The Morgan fingerprint density at radius 3 is 2.86 bits per heavy atom. The van der Waals surface area contributed by atoms with Crippen LogP contribution < -0.4 is 0 Å². The molecule has 1 aromatic rings. The summed E-state index contributed by atoms with van der Waals surface area (Å²) in [6.45, 7) is 0. The van der Waals surface area contributed by atoms with Crippen LogP contribution in [-0.4, -0.2) is 9.40 Å². The summed E-state index contributed by atoms with van der Waals surface area (Å²) in [4.78, 5) is 3.83. The molecule has 0 N–H and O–H groups in total. The Labute approximate surface area is 95.0 Å². The standard InChI is InChI=1S/C8H4Cl3FN2/c9-5-3-6(10)13-7-4(5)1-2-14(11)8(7)12/h1-3,8H. The second-order valence-electron chi connectivity index (χ2n) is 2.72. The number of hydrogen-bond acceptors (Lipinski definition) is 2. The minimum Gasteiger partial charge on any atom is -0.254 e. The van der Waals surface area contributed by atoms with Crippen molar-refractivity contribution >= 4 is 41.1 Å². The summed E-state index contributed by atoms with van der Waals surface area (Å²) in [5.41, 5.74) is 0.653. The van der Waals surface area contributed by atoms with Gasteiger partial charge in [-0.3, -0.25) is 4.42 Å². The van der Waals surface area contributed by atoms with Crippen LogP contribution >= 0.6 is 35.0 Å². The van der Waals surface area contributed by atoms with Gasteiger partial charge >= 0.3 is 0 Å². The maximum atomic E-state index is 13.5. The van der Waals surface area contributed by atoms with Crippen molar-refractivity contribution in [3.8, 4) is 0 Å². The third kappa shape index (κ3) is 1.56. The molecule has 1 atom stereocenters. The van der Waals surface area contributed by atoms with Gasteiger partial charge in [0.25, 0.3) is 0 Å². The molecular formula is C8H4Cl3FN2. The highest BCUT2D eigenvalue weighted by Gasteiger charge is 2.25. The van der Waals surface area contributed by atoms with Crippen LogP contribution in [0.3, 0.4) is 0 Å². The number of rotatable bonds is 0. The first kappa shape index (κ1) is 10.0. The van der Waals surface area contributed by atoms with Gasteiger partial charge < -0.3 is 0 Å². The maximum Gasteiger partial charge on any atom is 0.228 e. The average Bonchev–Trinajstić information content (AvgIpc) is 2.12. The maximum absolute atomic E-state index is 13.5. The van der Waals surface area contributed by atoms with Crippen molar-refractivity contribution in [2.75, 3.05) is 0 Å². The molecule has 0 saturated heterocycles. The summed E-state index contributed by atoms with van der Waals surface area (Å²) in [5, 5.41) is 0.514. The average molecular weight is 253 g/mol. The van der Waals surface area contributed by atoms with Gasteiger partial charge in [-0.15, -0.1) is 0 Å². The molecule has 2 rings (SSSR count). The molecule has 0 saturated carbocycles. The smallest absolute Gasteiger partial charge is 0.228 e. The van der Waals surface area contributed by atoms with Crippen LogP contribution in [0.4, 0.5) is 4.39 Å². The number of pyridine rings is 1. The molecule has 14 heavy (non-hydrogen) atoms. The molecule has 2 nitrogen and oxygen atoms in total. The highest BCUT2D eigenvalue weighted by molar-refractivity contribution is 6.35. The number of alkyl halides is 1. The Hall–Kier alpha value is -0.510. The topological polar surface area (TPSA) is 16.1 Å². The molecule has 1 unspecified atom stereocenters. The Kier molecular flexibility index (Phi) is 2.56. The minimum atomic E-state index is -1.52. The molecule has 0 amide bonds. The first-order valence-electron chi connectivity index (χ1n) is 3.72. The summed E-state index contributed by atoms with van der Waals surface area (Å²) in [6, 6.07) is 1.46. The Bertz CT molecular complexity index is 408. The first-order valence-corrected chi connectivity index (χ1v) is 4.81. The molecule has 0 bridgehead atoms. The van der Waals surface area contributed by atoms with E-state index in [9.17, 15) is 4.39 Å². The molecule has 6 heteroatoms. The normalized spacial score (nSPS) is 19.7. The van der Waals surface area contributed by atoms with Crippen LogP contribution in [0, 0.1) is 0 Å². The zero-order valence-electron chi connectivity index (χ0n) is 6.72. The van der Waals surface area contributed by atoms with E-state index in [0.717, 1.165) is 4.42 Å². The van der Waals surface area contributed by atoms with Crippen LogP contribution in [0.15, 0.2) is 12.3 Å². The second-order valence-corrected chi connectivity index (χ2v) is 3.91. The molecule has 74 valence electrons. The van der Waals surface area contributed by atoms with Gasteiger partial charge in [-0.05, 0) is 12.1 Å². The van der Waals surface area contributed by atoms with Gasteiger partial charge in [0.1, 0.15) is 10.8 Å². The number of aromatic nitrogens is 1. The zero-order valence-corrected chi connectivity index (χ0v) is 8.98. The summed E-state index contributed by atoms with van der Waals surface area (Å²) >= 11 is 17.0. The van der Waals surface area contributed by atoms with Gasteiger partial charge in [0.2, 0.25) is 6.30 Å². The van der Waals surface area contributed by atoms with Crippen LogP contribution in [0.1, 0.15) is 17.6 Å². The van der Waals surface area contributed by atoms with E-state index in [-0.39, 0.29) is 10.8 Å². The van der Waals surface area contributed by atoms with Crippen molar-refractivity contribution in [1.29, 1.82) is 0 Å². The molecule has 1 aliphatic heterocycles. The highest BCUT2D eigenvalue weighted by Crippen LogP contribution is 2.35. The van der Waals surface area contributed by atoms with Crippen molar-refractivity contribution in [3.63, 3.8) is 0 Å². The zero-order chi connectivity index (χ0) is 10.3. The lowest BCUT2D eigenvalue weighted by molar-refractivity contribution is 0.209. The molecule has 0 radical (unpaired) electrons. The van der Waals surface area contributed by atoms with Crippen molar-refractivity contribution < 1.29 is 4.39 Å². The van der Waals surface area contributed by atoms with Crippen molar-refractivity contribution in [3.05, 3.63) is 33.7 Å². The lowest BCUT2D eigenvalue weighted by atomic mass is 10.1. The molecule has 0 aromatic carbocycles. The highest BCUT2D eigenvalue weighted by atomic mass is 35.5. The van der Waals surface area contributed by atoms with Crippen molar-refractivity contribution in [2.24, 2.45) is 0 Å². The molecule has 0 aliphatic carbocycles. The van der Waals surface area contributed by atoms with Gasteiger partial charge in [-0.25, -0.2) is 9.37 Å². The number of fused-ring (bicyclic) bond motifs is 1. The fourth-order valence-electron chi connectivity index (χ4n) is 1.20. The van der Waals surface area contributed by atoms with Gasteiger partial charge in [-0.2, -0.15) is 0 Å². The predicted octanol–water partition coefficient (Wildman–Crippen LogP) is 3.80. The van der Waals surface area contributed by atoms with E-state index in [1.807, 2.05) is 0 Å². The van der Waals surface area contributed by atoms with E-state index in [1.165, 1.54) is 12.3 Å². The third-order valence-corrected chi connectivity index (χ3v) is 2.62. The number of hydrogen-bond donors (Lipinski definition) is 0. The van der Waals surface area contributed by atoms with E-state index in [4.69, 9.17) is 35.0 Å². The molecule has 1 aliphatic rings. The van der Waals surface area contributed by atoms with E-state index in [1.54, 1.807) is 6.08 Å². The Balaban J connectivity index is 2.62. The molecular weight excluding hydrogens is 249 g/mol. The molecule has 0 spiro atoms. The van der Waals surface area contributed by atoms with Gasteiger partial charge in [-0.1, -0.05) is 23.2 Å². The first-order chi connectivity index (χ1) is 6.59. The Morgan fingerprint density at radius 1 is 1.43 bits per heavy atom. The fraction of sp³-hybridized carbons (Fsp3) is 0.125. The minimum absolute atomic E-state index is 0.139. The summed E-state index contributed by atoms with van der Waals surface area (Å²) in [5.74, 6) is 0. The SMILES string of the molecule is FC1c2nc(Cl)cc(Cl)c2C=CN1Cl. The Morgan fingerprint density at radius 2 is 2.14 bits per heavy atom. The third-order valence-electron chi connectivity index (χ3n) is 1.83. The predicted molar refractivity (Wildman–Crippen MR) is 54.8 cm³/mol. The monoisotopic (exact) mass is 252 g/mol. The van der Waals surface area contributed by atoms with Crippen LogP contribution in [0.2, 0.25) is 10.2 Å². The lowest BCUT2D eigenvalue weighted by Crippen LogP contribution is -2.16. The molecule has 2 heterocycles. The van der Waals surface area contributed by atoms with Gasteiger partial charge in [0.05, 0.1) is 5.02 Å². The quantitative estimate of drug-likeness (QED) is 0.397. The van der Waals surface area contributed by atoms with E-state index >= 15 is 0 Å². The van der Waals surface area contributed by atoms with Crippen molar-refractivity contribution in [1.82, 2.24) is 9.40 Å². The van der Waals surface area contributed by atoms with Gasteiger partial charge in [0, 0.05) is 23.5 Å². The van der Waals surface area contributed by atoms with Crippen molar-refractivity contribution in [2.45, 2.75) is 6.30 Å². The fourth-order valence-corrected chi connectivity index (χ4v) is 1.86. The van der Waals surface area contributed by atoms with E-state index in [0.29, 0.717) is 10.6 Å².